The van der Waals surface area contributed by atoms with Gasteiger partial charge >= 0.3 is 5.97 Å². The second-order valence-electron chi connectivity index (χ2n) is 18.0. The van der Waals surface area contributed by atoms with Crippen molar-refractivity contribution in [3.05, 3.63) is 47.1 Å². The Labute approximate surface area is 283 Å². The van der Waals surface area contributed by atoms with Crippen molar-refractivity contribution in [3.8, 4) is 0 Å². The van der Waals surface area contributed by atoms with E-state index in [9.17, 15) is 4.79 Å². The molecule has 0 aromatic heterocycles. The van der Waals surface area contributed by atoms with Crippen LogP contribution in [-0.2, 0) is 23.1 Å². The van der Waals surface area contributed by atoms with E-state index in [4.69, 9.17) is 18.3 Å². The maximum atomic E-state index is 13.0. The minimum absolute atomic E-state index is 0.0337. The summed E-state index contributed by atoms with van der Waals surface area (Å²) >= 11 is 0. The molecular formula is C39H66O5Si2. The molecule has 4 aliphatic carbocycles. The molecule has 0 N–H and O–H groups in total. The van der Waals surface area contributed by atoms with Crippen LogP contribution in [0.3, 0.4) is 0 Å². The molecule has 4 rings (SSSR count). The third kappa shape index (κ3) is 8.30. The first-order valence-corrected chi connectivity index (χ1v) is 23.9. The zero-order valence-corrected chi connectivity index (χ0v) is 33.5. The molecule has 4 aliphatic rings. The topological polar surface area (TPSA) is 54.0 Å². The number of rotatable bonds is 11. The third-order valence-corrected chi connectivity index (χ3v) is 21.4. The lowest BCUT2D eigenvalue weighted by Gasteiger charge is -2.51. The summed E-state index contributed by atoms with van der Waals surface area (Å²) in [6, 6.07) is 0. The Bertz CT molecular complexity index is 1240. The Kier molecular flexibility index (Phi) is 11.1. The lowest BCUT2D eigenvalue weighted by Crippen LogP contribution is -2.56. The number of esters is 1. The van der Waals surface area contributed by atoms with E-state index < -0.39 is 22.4 Å². The molecule has 0 aliphatic heterocycles. The SMILES string of the molecule is C=C1C(=CC=C2CCC[C@]3(C)C(CC)=CC[C@@H]23)C[C@@](OCC(=O)OCC2CC2)(O[Si](C)(C)C(C)(C)C)C[C@@H]1O[Si](C)(C)C(C)(C)C. The van der Waals surface area contributed by atoms with Gasteiger partial charge in [0.05, 0.1) is 12.7 Å². The third-order valence-electron chi connectivity index (χ3n) is 12.5. The summed E-state index contributed by atoms with van der Waals surface area (Å²) in [5.74, 6) is -0.249. The fraction of sp³-hybridized carbons (Fsp3) is 0.769. The zero-order valence-electron chi connectivity index (χ0n) is 31.5. The monoisotopic (exact) mass is 670 g/mol. The Morgan fingerprint density at radius 1 is 1.04 bits per heavy atom. The van der Waals surface area contributed by atoms with Gasteiger partial charge in [0, 0.05) is 12.8 Å². The molecule has 5 nitrogen and oxygen atoms in total. The molecule has 0 radical (unpaired) electrons. The highest BCUT2D eigenvalue weighted by Crippen LogP contribution is 2.56. The van der Waals surface area contributed by atoms with Crippen molar-refractivity contribution in [2.75, 3.05) is 13.2 Å². The summed E-state index contributed by atoms with van der Waals surface area (Å²) in [7, 11) is -4.52. The fourth-order valence-corrected chi connectivity index (χ4v) is 9.87. The predicted octanol–water partition coefficient (Wildman–Crippen LogP) is 10.8. The molecule has 260 valence electrons. The molecule has 0 spiro atoms. The van der Waals surface area contributed by atoms with Gasteiger partial charge in [-0.1, -0.05) is 91.3 Å². The standard InChI is InChI=1S/C39H66O5Si2/c1-14-32-21-22-33-30(16-15-23-38(32,33)9)19-20-31-24-39(44-46(12,13)37(6,7)8,42-27-35(40)41-26-29-17-18-29)25-34(28(31)2)43-45(10,11)36(3,4)5/h19-21,29,33-34H,2,14-18,22-27H2,1,3-13H3/t33-,34-,38+,39+/m0/s1. The molecule has 4 atom stereocenters. The van der Waals surface area contributed by atoms with Crippen molar-refractivity contribution in [3.63, 3.8) is 0 Å². The van der Waals surface area contributed by atoms with Crippen LogP contribution in [0.25, 0.3) is 0 Å². The van der Waals surface area contributed by atoms with Crippen LogP contribution in [-0.4, -0.2) is 47.7 Å². The molecule has 0 aromatic carbocycles. The number of hydrogen-bond acceptors (Lipinski definition) is 5. The molecule has 0 heterocycles. The summed E-state index contributed by atoms with van der Waals surface area (Å²) in [5.41, 5.74) is 5.58. The summed E-state index contributed by atoms with van der Waals surface area (Å²) < 4.78 is 26.7. The number of carbonyl (C=O) groups is 1. The highest BCUT2D eigenvalue weighted by molar-refractivity contribution is 6.74. The summed E-state index contributed by atoms with van der Waals surface area (Å²) in [5, 5.41) is -0.00301. The van der Waals surface area contributed by atoms with Gasteiger partial charge in [0.2, 0.25) is 0 Å². The molecule has 0 amide bonds. The minimum Gasteiger partial charge on any atom is -0.464 e. The van der Waals surface area contributed by atoms with Gasteiger partial charge < -0.3 is 18.3 Å². The van der Waals surface area contributed by atoms with Crippen LogP contribution in [0, 0.1) is 17.3 Å². The fourth-order valence-electron chi connectivity index (χ4n) is 7.12. The van der Waals surface area contributed by atoms with Crippen molar-refractivity contribution in [1.29, 1.82) is 0 Å². The number of allylic oxidation sites excluding steroid dienone is 5. The first kappa shape index (κ1) is 37.6. The highest BCUT2D eigenvalue weighted by Gasteiger charge is 2.52. The molecule has 46 heavy (non-hydrogen) atoms. The first-order valence-electron chi connectivity index (χ1n) is 18.1. The Morgan fingerprint density at radius 2 is 1.70 bits per heavy atom. The first-order chi connectivity index (χ1) is 21.1. The summed E-state index contributed by atoms with van der Waals surface area (Å²) in [6.45, 7) is 32.5. The lowest BCUT2D eigenvalue weighted by atomic mass is 9.64. The minimum atomic E-state index is -2.33. The largest absolute Gasteiger partial charge is 0.464 e. The summed E-state index contributed by atoms with van der Waals surface area (Å²) in [4.78, 5) is 13.0. The molecule has 0 saturated heterocycles. The van der Waals surface area contributed by atoms with Crippen LogP contribution in [0.1, 0.15) is 113 Å². The van der Waals surface area contributed by atoms with E-state index in [1.165, 1.54) is 12.8 Å². The van der Waals surface area contributed by atoms with E-state index in [2.05, 4.69) is 106 Å². The summed E-state index contributed by atoms with van der Waals surface area (Å²) in [6.07, 6.45) is 16.2. The Morgan fingerprint density at radius 3 is 2.28 bits per heavy atom. The van der Waals surface area contributed by atoms with Crippen LogP contribution in [0.2, 0.25) is 36.3 Å². The van der Waals surface area contributed by atoms with Crippen molar-refractivity contribution < 1.29 is 23.1 Å². The lowest BCUT2D eigenvalue weighted by molar-refractivity contribution is -0.215. The number of hydrogen-bond donors (Lipinski definition) is 0. The van der Waals surface area contributed by atoms with Gasteiger partial charge in [0.15, 0.2) is 22.4 Å². The van der Waals surface area contributed by atoms with Crippen LogP contribution < -0.4 is 0 Å². The Balaban J connectivity index is 1.73. The maximum absolute atomic E-state index is 13.0. The van der Waals surface area contributed by atoms with Gasteiger partial charge in [-0.05, 0) is 110 Å². The second kappa shape index (κ2) is 13.6. The quantitative estimate of drug-likeness (QED) is 0.0948. The maximum Gasteiger partial charge on any atom is 0.332 e. The molecule has 3 saturated carbocycles. The van der Waals surface area contributed by atoms with Crippen LogP contribution in [0.4, 0.5) is 0 Å². The van der Waals surface area contributed by atoms with E-state index in [0.29, 0.717) is 31.3 Å². The Hall–Kier alpha value is -1.26. The average Bonchev–Trinajstić information content (AvgIpc) is 3.70. The zero-order chi connectivity index (χ0) is 34.3. The molecule has 0 aromatic rings. The smallest absolute Gasteiger partial charge is 0.332 e. The highest BCUT2D eigenvalue weighted by atomic mass is 28.4. The van der Waals surface area contributed by atoms with E-state index in [-0.39, 0.29) is 34.2 Å². The van der Waals surface area contributed by atoms with Crippen molar-refractivity contribution in [2.24, 2.45) is 17.3 Å². The van der Waals surface area contributed by atoms with Gasteiger partial charge in [0.1, 0.15) is 6.61 Å². The normalized spacial score (nSPS) is 31.3. The second-order valence-corrected chi connectivity index (χ2v) is 27.5. The molecule has 3 fully saturated rings. The van der Waals surface area contributed by atoms with E-state index in [0.717, 1.165) is 43.3 Å². The van der Waals surface area contributed by atoms with Gasteiger partial charge in [-0.15, -0.1) is 0 Å². The van der Waals surface area contributed by atoms with Crippen LogP contribution >= 0.6 is 0 Å². The van der Waals surface area contributed by atoms with Crippen molar-refractivity contribution >= 4 is 22.6 Å². The predicted molar refractivity (Wildman–Crippen MR) is 196 cm³/mol. The molecule has 7 heteroatoms. The number of fused-ring (bicyclic) bond motifs is 1. The number of ether oxygens (including phenoxy) is 2. The molecular weight excluding hydrogens is 605 g/mol. The van der Waals surface area contributed by atoms with Crippen LogP contribution in [0.5, 0.6) is 0 Å². The van der Waals surface area contributed by atoms with Crippen molar-refractivity contribution in [1.82, 2.24) is 0 Å². The van der Waals surface area contributed by atoms with Gasteiger partial charge in [-0.25, -0.2) is 4.79 Å². The molecule has 0 bridgehead atoms. The average molecular weight is 671 g/mol. The van der Waals surface area contributed by atoms with Gasteiger partial charge in [-0.2, -0.15) is 0 Å². The van der Waals surface area contributed by atoms with E-state index in [1.54, 1.807) is 11.1 Å². The van der Waals surface area contributed by atoms with Crippen LogP contribution in [0.15, 0.2) is 47.1 Å². The van der Waals surface area contributed by atoms with E-state index in [1.807, 2.05) is 0 Å². The van der Waals surface area contributed by atoms with Crippen molar-refractivity contribution in [2.45, 2.75) is 161 Å². The van der Waals surface area contributed by atoms with Gasteiger partial charge in [0.25, 0.3) is 0 Å². The number of carbonyl (C=O) groups excluding carboxylic acids is 1. The van der Waals surface area contributed by atoms with Gasteiger partial charge in [-0.3, -0.25) is 0 Å². The molecule has 0 unspecified atom stereocenters. The van der Waals surface area contributed by atoms with E-state index >= 15 is 0 Å².